The molecule has 0 aliphatic heterocycles. The molecule has 0 aliphatic carbocycles. The molecule has 20 heavy (non-hydrogen) atoms. The van der Waals surface area contributed by atoms with Crippen molar-refractivity contribution in [3.8, 4) is 0 Å². The fourth-order valence-electron chi connectivity index (χ4n) is 1.72. The maximum Gasteiger partial charge on any atom is 0.323 e. The molecule has 0 saturated carbocycles. The van der Waals surface area contributed by atoms with Crippen molar-refractivity contribution >= 4 is 17.6 Å². The van der Waals surface area contributed by atoms with Crippen LogP contribution in [0.2, 0.25) is 0 Å². The van der Waals surface area contributed by atoms with Crippen LogP contribution in [0.25, 0.3) is 0 Å². The van der Waals surface area contributed by atoms with E-state index in [1.54, 1.807) is 18.3 Å². The van der Waals surface area contributed by atoms with Gasteiger partial charge in [0.25, 0.3) is 0 Å². The number of carbonyl (C=O) groups excluding carboxylic acids is 1. The number of carboxylic acids is 1. The van der Waals surface area contributed by atoms with Crippen LogP contribution in [0, 0.1) is 6.92 Å². The van der Waals surface area contributed by atoms with E-state index in [0.717, 1.165) is 5.56 Å². The minimum atomic E-state index is -1.07. The summed E-state index contributed by atoms with van der Waals surface area (Å²) in [4.78, 5) is 24.3. The molecule has 1 N–H and O–H groups in total. The topological polar surface area (TPSA) is 88.3 Å². The Labute approximate surface area is 115 Å². The normalized spacial score (nSPS) is 10.2. The first-order chi connectivity index (χ1) is 9.56. The number of benzene rings is 1. The van der Waals surface area contributed by atoms with Gasteiger partial charge in [0.2, 0.25) is 5.91 Å². The molecule has 0 aliphatic rings. The SMILES string of the molecule is Cc1ccc(N(CC(=O)O)C(=O)Cn2ccnn2)cc1. The lowest BCUT2D eigenvalue weighted by Crippen LogP contribution is -2.38. The average Bonchev–Trinajstić information content (AvgIpc) is 2.89. The van der Waals surface area contributed by atoms with Crippen molar-refractivity contribution in [2.24, 2.45) is 0 Å². The van der Waals surface area contributed by atoms with Crippen LogP contribution in [-0.2, 0) is 16.1 Å². The number of hydrogen-bond acceptors (Lipinski definition) is 4. The van der Waals surface area contributed by atoms with Crippen molar-refractivity contribution in [3.05, 3.63) is 42.2 Å². The molecule has 2 aromatic rings. The zero-order valence-electron chi connectivity index (χ0n) is 10.9. The summed E-state index contributed by atoms with van der Waals surface area (Å²) in [5.41, 5.74) is 1.58. The third kappa shape index (κ3) is 3.41. The second-order valence-corrected chi connectivity index (χ2v) is 4.31. The Kier molecular flexibility index (Phi) is 4.09. The number of anilines is 1. The van der Waals surface area contributed by atoms with E-state index in [2.05, 4.69) is 10.3 Å². The molecule has 0 radical (unpaired) electrons. The van der Waals surface area contributed by atoms with Crippen LogP contribution >= 0.6 is 0 Å². The molecule has 0 atom stereocenters. The number of rotatable bonds is 5. The van der Waals surface area contributed by atoms with Crippen molar-refractivity contribution in [2.45, 2.75) is 13.5 Å². The Morgan fingerprint density at radius 3 is 2.55 bits per heavy atom. The van der Waals surface area contributed by atoms with Gasteiger partial charge in [-0.25, -0.2) is 4.68 Å². The molecule has 0 fully saturated rings. The van der Waals surface area contributed by atoms with E-state index < -0.39 is 12.5 Å². The van der Waals surface area contributed by atoms with Gasteiger partial charge >= 0.3 is 5.97 Å². The number of amides is 1. The van der Waals surface area contributed by atoms with E-state index >= 15 is 0 Å². The van der Waals surface area contributed by atoms with E-state index in [1.165, 1.54) is 15.8 Å². The molecule has 1 aromatic heterocycles. The smallest absolute Gasteiger partial charge is 0.323 e. The molecular weight excluding hydrogens is 260 g/mol. The van der Waals surface area contributed by atoms with Gasteiger partial charge < -0.3 is 5.11 Å². The molecule has 7 heteroatoms. The first kappa shape index (κ1) is 13.7. The highest BCUT2D eigenvalue weighted by Crippen LogP contribution is 2.15. The maximum absolute atomic E-state index is 12.2. The lowest BCUT2D eigenvalue weighted by molar-refractivity contribution is -0.136. The van der Waals surface area contributed by atoms with Crippen LogP contribution in [0.1, 0.15) is 5.56 Å². The third-order valence-electron chi connectivity index (χ3n) is 2.71. The van der Waals surface area contributed by atoms with Crippen LogP contribution in [0.15, 0.2) is 36.7 Å². The standard InChI is InChI=1S/C13H14N4O3/c1-10-2-4-11(5-3-10)17(9-13(19)20)12(18)8-16-7-6-14-15-16/h2-7H,8-9H2,1H3,(H,19,20). The Balaban J connectivity index is 2.20. The third-order valence-corrected chi connectivity index (χ3v) is 2.71. The first-order valence-corrected chi connectivity index (χ1v) is 5.99. The highest BCUT2D eigenvalue weighted by molar-refractivity contribution is 5.97. The monoisotopic (exact) mass is 274 g/mol. The molecular formula is C13H14N4O3. The molecule has 2 rings (SSSR count). The zero-order chi connectivity index (χ0) is 14.5. The van der Waals surface area contributed by atoms with E-state index in [4.69, 9.17) is 5.11 Å². The summed E-state index contributed by atoms with van der Waals surface area (Å²) in [5, 5.41) is 16.2. The molecule has 104 valence electrons. The largest absolute Gasteiger partial charge is 0.480 e. The van der Waals surface area contributed by atoms with Gasteiger partial charge in [-0.3, -0.25) is 14.5 Å². The van der Waals surface area contributed by atoms with E-state index in [1.807, 2.05) is 19.1 Å². The lowest BCUT2D eigenvalue weighted by atomic mass is 10.2. The molecule has 0 saturated heterocycles. The molecule has 1 aromatic carbocycles. The average molecular weight is 274 g/mol. The van der Waals surface area contributed by atoms with Crippen molar-refractivity contribution in [1.82, 2.24) is 15.0 Å². The Morgan fingerprint density at radius 1 is 1.30 bits per heavy atom. The Morgan fingerprint density at radius 2 is 2.00 bits per heavy atom. The summed E-state index contributed by atoms with van der Waals surface area (Å²) in [6, 6.07) is 7.09. The number of aliphatic carboxylic acids is 1. The second-order valence-electron chi connectivity index (χ2n) is 4.31. The second kappa shape index (κ2) is 5.96. The predicted octanol–water partition coefficient (Wildman–Crippen LogP) is 0.704. The molecule has 7 nitrogen and oxygen atoms in total. The minimum Gasteiger partial charge on any atom is -0.480 e. The van der Waals surface area contributed by atoms with Crippen LogP contribution < -0.4 is 4.90 Å². The predicted molar refractivity (Wildman–Crippen MR) is 71.2 cm³/mol. The van der Waals surface area contributed by atoms with Crippen molar-refractivity contribution < 1.29 is 14.7 Å². The van der Waals surface area contributed by atoms with E-state index in [0.29, 0.717) is 5.69 Å². The van der Waals surface area contributed by atoms with Gasteiger partial charge in [-0.05, 0) is 19.1 Å². The van der Waals surface area contributed by atoms with Crippen LogP contribution in [-0.4, -0.2) is 38.5 Å². The fourth-order valence-corrected chi connectivity index (χ4v) is 1.72. The summed E-state index contributed by atoms with van der Waals surface area (Å²) in [5.74, 6) is -1.43. The van der Waals surface area contributed by atoms with E-state index in [9.17, 15) is 9.59 Å². The van der Waals surface area contributed by atoms with Crippen molar-refractivity contribution in [1.29, 1.82) is 0 Å². The van der Waals surface area contributed by atoms with Gasteiger partial charge in [0.05, 0.1) is 6.20 Å². The number of aryl methyl sites for hydroxylation is 1. The van der Waals surface area contributed by atoms with E-state index in [-0.39, 0.29) is 12.5 Å². The van der Waals surface area contributed by atoms with Gasteiger partial charge in [0.15, 0.2) is 0 Å². The van der Waals surface area contributed by atoms with Crippen LogP contribution in [0.4, 0.5) is 5.69 Å². The molecule has 1 heterocycles. The van der Waals surface area contributed by atoms with Crippen LogP contribution in [0.3, 0.4) is 0 Å². The van der Waals surface area contributed by atoms with Gasteiger partial charge in [-0.2, -0.15) is 0 Å². The number of carbonyl (C=O) groups is 2. The van der Waals surface area contributed by atoms with Crippen molar-refractivity contribution in [3.63, 3.8) is 0 Å². The van der Waals surface area contributed by atoms with Gasteiger partial charge in [-0.15, -0.1) is 5.10 Å². The fraction of sp³-hybridized carbons (Fsp3) is 0.231. The summed E-state index contributed by atoms with van der Waals surface area (Å²) >= 11 is 0. The van der Waals surface area contributed by atoms with Crippen molar-refractivity contribution in [2.75, 3.05) is 11.4 Å². The highest BCUT2D eigenvalue weighted by atomic mass is 16.4. The molecule has 0 spiro atoms. The Bertz CT molecular complexity index is 593. The molecule has 0 bridgehead atoms. The number of nitrogens with zero attached hydrogens (tertiary/aromatic N) is 4. The number of aromatic nitrogens is 3. The number of carboxylic acid groups (broad SMARTS) is 1. The van der Waals surface area contributed by atoms with Gasteiger partial charge in [0.1, 0.15) is 13.1 Å². The summed E-state index contributed by atoms with van der Waals surface area (Å²) in [7, 11) is 0. The molecule has 1 amide bonds. The highest BCUT2D eigenvalue weighted by Gasteiger charge is 2.19. The number of hydrogen-bond donors (Lipinski definition) is 1. The summed E-state index contributed by atoms with van der Waals surface area (Å²) in [6.07, 6.45) is 3.01. The quantitative estimate of drug-likeness (QED) is 0.867. The maximum atomic E-state index is 12.2. The first-order valence-electron chi connectivity index (χ1n) is 5.99. The van der Waals surface area contributed by atoms with Gasteiger partial charge in [0, 0.05) is 11.9 Å². The summed E-state index contributed by atoms with van der Waals surface area (Å²) in [6.45, 7) is 1.47. The van der Waals surface area contributed by atoms with Gasteiger partial charge in [-0.1, -0.05) is 22.9 Å². The molecule has 0 unspecified atom stereocenters. The Hall–Kier alpha value is -2.70. The minimum absolute atomic E-state index is 0.0544. The van der Waals surface area contributed by atoms with Crippen LogP contribution in [0.5, 0.6) is 0 Å². The summed E-state index contributed by atoms with van der Waals surface area (Å²) < 4.78 is 1.35. The zero-order valence-corrected chi connectivity index (χ0v) is 10.9. The lowest BCUT2D eigenvalue weighted by Gasteiger charge is -2.20.